The van der Waals surface area contributed by atoms with Crippen molar-refractivity contribution in [3.05, 3.63) is 76.7 Å². The van der Waals surface area contributed by atoms with Crippen LogP contribution in [0.25, 0.3) is 0 Å². The molecule has 0 spiro atoms. The van der Waals surface area contributed by atoms with Crippen LogP contribution in [0.15, 0.2) is 53.1 Å². The summed E-state index contributed by atoms with van der Waals surface area (Å²) in [6.07, 6.45) is 0.729. The zero-order valence-corrected chi connectivity index (χ0v) is 17.7. The van der Waals surface area contributed by atoms with Crippen LogP contribution in [0.5, 0.6) is 11.5 Å². The van der Waals surface area contributed by atoms with Crippen molar-refractivity contribution in [2.24, 2.45) is 0 Å². The summed E-state index contributed by atoms with van der Waals surface area (Å²) in [5, 5.41) is 15.0. The average molecular weight is 408 g/mol. The Morgan fingerprint density at radius 1 is 1.13 bits per heavy atom. The molecule has 4 rings (SSSR count). The van der Waals surface area contributed by atoms with Crippen LogP contribution in [0.1, 0.15) is 34.6 Å². The molecular weight excluding hydrogens is 380 g/mol. The molecule has 1 saturated heterocycles. The van der Waals surface area contributed by atoms with Crippen molar-refractivity contribution in [3.63, 3.8) is 0 Å². The van der Waals surface area contributed by atoms with Crippen LogP contribution >= 0.6 is 0 Å². The molecule has 1 N–H and O–H groups in total. The van der Waals surface area contributed by atoms with Gasteiger partial charge in [0.2, 0.25) is 0 Å². The second-order valence-corrected chi connectivity index (χ2v) is 7.93. The number of hydrogen-bond donors (Lipinski definition) is 1. The van der Waals surface area contributed by atoms with E-state index in [0.29, 0.717) is 24.7 Å². The molecule has 1 atom stereocenters. The van der Waals surface area contributed by atoms with Crippen LogP contribution in [0.2, 0.25) is 0 Å². The van der Waals surface area contributed by atoms with Gasteiger partial charge in [-0.1, -0.05) is 41.6 Å². The third kappa shape index (κ3) is 4.20. The van der Waals surface area contributed by atoms with E-state index in [1.807, 2.05) is 62.4 Å². The van der Waals surface area contributed by atoms with Crippen LogP contribution in [-0.4, -0.2) is 35.4 Å². The van der Waals surface area contributed by atoms with E-state index >= 15 is 0 Å². The highest BCUT2D eigenvalue weighted by Gasteiger charge is 2.37. The number of benzene rings is 2. The third-order valence-corrected chi connectivity index (χ3v) is 5.83. The first-order valence-corrected chi connectivity index (χ1v) is 10.2. The molecule has 0 aliphatic carbocycles. The molecule has 6 nitrogen and oxygen atoms in total. The van der Waals surface area contributed by atoms with Crippen LogP contribution in [0, 0.1) is 13.8 Å². The van der Waals surface area contributed by atoms with Crippen molar-refractivity contribution >= 4 is 0 Å². The zero-order valence-electron chi connectivity index (χ0n) is 17.7. The van der Waals surface area contributed by atoms with Crippen molar-refractivity contribution in [1.29, 1.82) is 0 Å². The van der Waals surface area contributed by atoms with Gasteiger partial charge in [0.1, 0.15) is 18.0 Å². The summed E-state index contributed by atoms with van der Waals surface area (Å²) in [4.78, 5) is 2.27. The number of methoxy groups -OCH3 is 1. The largest absolute Gasteiger partial charge is 0.493 e. The van der Waals surface area contributed by atoms with E-state index in [1.165, 1.54) is 0 Å². The second kappa shape index (κ2) is 8.50. The summed E-state index contributed by atoms with van der Waals surface area (Å²) < 4.78 is 16.7. The SMILES string of the molecule is COc1cc(CN2CC[C@@](O)(c3ccccc3)C2)ccc1OCc1c(C)noc1C. The standard InChI is InChI=1S/C24H28N2O4/c1-17-21(18(2)30-25-17)15-29-22-10-9-19(13-23(22)28-3)14-26-12-11-24(27,16-26)20-7-5-4-6-8-20/h4-10,13,27H,11-12,14-16H2,1-3H3/t24-/m0/s1. The summed E-state index contributed by atoms with van der Waals surface area (Å²) in [5.74, 6) is 2.14. The molecule has 0 radical (unpaired) electrons. The minimum atomic E-state index is -0.789. The first-order chi connectivity index (χ1) is 14.5. The molecular formula is C24H28N2O4. The molecule has 1 aliphatic rings. The minimum Gasteiger partial charge on any atom is -0.493 e. The van der Waals surface area contributed by atoms with Crippen molar-refractivity contribution in [2.75, 3.05) is 20.2 Å². The van der Waals surface area contributed by atoms with Crippen molar-refractivity contribution in [2.45, 2.75) is 39.0 Å². The molecule has 3 aromatic rings. The Bertz CT molecular complexity index is 982. The van der Waals surface area contributed by atoms with Crippen molar-refractivity contribution < 1.29 is 19.1 Å². The molecule has 2 aromatic carbocycles. The molecule has 0 unspecified atom stereocenters. The smallest absolute Gasteiger partial charge is 0.161 e. The lowest BCUT2D eigenvalue weighted by atomic mass is 9.93. The lowest BCUT2D eigenvalue weighted by Gasteiger charge is -2.24. The van der Waals surface area contributed by atoms with E-state index in [1.54, 1.807) is 7.11 Å². The zero-order chi connectivity index (χ0) is 21.1. The number of hydrogen-bond acceptors (Lipinski definition) is 6. The van der Waals surface area contributed by atoms with Gasteiger partial charge in [0.05, 0.1) is 18.4 Å². The number of likely N-dealkylation sites (tertiary alicyclic amines) is 1. The first kappa shape index (κ1) is 20.4. The molecule has 6 heteroatoms. The van der Waals surface area contributed by atoms with Gasteiger partial charge in [-0.15, -0.1) is 0 Å². The fraction of sp³-hybridized carbons (Fsp3) is 0.375. The van der Waals surface area contributed by atoms with Gasteiger partial charge in [-0.2, -0.15) is 0 Å². The Labute approximate surface area is 177 Å². The van der Waals surface area contributed by atoms with E-state index in [-0.39, 0.29) is 0 Å². The lowest BCUT2D eigenvalue weighted by molar-refractivity contribution is 0.0453. The molecule has 1 aromatic heterocycles. The van der Waals surface area contributed by atoms with E-state index in [4.69, 9.17) is 14.0 Å². The normalized spacial score (nSPS) is 19.2. The van der Waals surface area contributed by atoms with Gasteiger partial charge in [-0.05, 0) is 43.5 Å². The maximum Gasteiger partial charge on any atom is 0.161 e. The molecule has 1 fully saturated rings. The number of aromatic nitrogens is 1. The Morgan fingerprint density at radius 2 is 1.93 bits per heavy atom. The number of rotatable bonds is 7. The van der Waals surface area contributed by atoms with Gasteiger partial charge in [-0.3, -0.25) is 4.90 Å². The quantitative estimate of drug-likeness (QED) is 0.638. The molecule has 0 bridgehead atoms. The second-order valence-electron chi connectivity index (χ2n) is 7.93. The Morgan fingerprint density at radius 3 is 2.63 bits per heavy atom. The lowest BCUT2D eigenvalue weighted by Crippen LogP contribution is -2.30. The monoisotopic (exact) mass is 408 g/mol. The molecule has 1 aliphatic heterocycles. The van der Waals surface area contributed by atoms with Crippen LogP contribution in [0.4, 0.5) is 0 Å². The Balaban J connectivity index is 1.42. The molecule has 158 valence electrons. The highest BCUT2D eigenvalue weighted by atomic mass is 16.5. The molecule has 30 heavy (non-hydrogen) atoms. The van der Waals surface area contributed by atoms with Crippen molar-refractivity contribution in [1.82, 2.24) is 10.1 Å². The van der Waals surface area contributed by atoms with E-state index in [9.17, 15) is 5.11 Å². The van der Waals surface area contributed by atoms with Gasteiger partial charge >= 0.3 is 0 Å². The van der Waals surface area contributed by atoms with E-state index in [0.717, 1.165) is 47.7 Å². The summed E-state index contributed by atoms with van der Waals surface area (Å²) in [7, 11) is 1.64. The highest BCUT2D eigenvalue weighted by Crippen LogP contribution is 2.34. The van der Waals surface area contributed by atoms with Gasteiger partial charge in [-0.25, -0.2) is 0 Å². The maximum atomic E-state index is 11.1. The molecule has 0 amide bonds. The van der Waals surface area contributed by atoms with Crippen LogP contribution < -0.4 is 9.47 Å². The molecule has 0 saturated carbocycles. The summed E-state index contributed by atoms with van der Waals surface area (Å²) in [6.45, 7) is 6.37. The number of nitrogens with zero attached hydrogens (tertiary/aromatic N) is 2. The maximum absolute atomic E-state index is 11.1. The minimum absolute atomic E-state index is 0.382. The van der Waals surface area contributed by atoms with Crippen LogP contribution in [0.3, 0.4) is 0 Å². The topological polar surface area (TPSA) is 68.0 Å². The predicted octanol–water partition coefficient (Wildman–Crippen LogP) is 3.97. The predicted molar refractivity (Wildman–Crippen MR) is 114 cm³/mol. The fourth-order valence-corrected chi connectivity index (χ4v) is 4.04. The van der Waals surface area contributed by atoms with E-state index < -0.39 is 5.60 Å². The summed E-state index contributed by atoms with van der Waals surface area (Å²) in [6, 6.07) is 15.9. The number of ether oxygens (including phenoxy) is 2. The van der Waals surface area contributed by atoms with Gasteiger partial charge in [0, 0.05) is 19.6 Å². The van der Waals surface area contributed by atoms with Crippen LogP contribution in [-0.2, 0) is 18.8 Å². The van der Waals surface area contributed by atoms with Crippen molar-refractivity contribution in [3.8, 4) is 11.5 Å². The fourth-order valence-electron chi connectivity index (χ4n) is 4.04. The number of aliphatic hydroxyl groups is 1. The first-order valence-electron chi connectivity index (χ1n) is 10.2. The Hall–Kier alpha value is -2.83. The average Bonchev–Trinajstić information content (AvgIpc) is 3.30. The molecule has 2 heterocycles. The summed E-state index contributed by atoms with van der Waals surface area (Å²) >= 11 is 0. The highest BCUT2D eigenvalue weighted by molar-refractivity contribution is 5.43. The summed E-state index contributed by atoms with van der Waals surface area (Å²) in [5.41, 5.74) is 3.10. The number of aryl methyl sites for hydroxylation is 2. The number of β-amino-alcohol motifs (C(OH)–C–C–N with tert-alkyl or cyclic N) is 1. The van der Waals surface area contributed by atoms with Gasteiger partial charge in [0.25, 0.3) is 0 Å². The third-order valence-electron chi connectivity index (χ3n) is 5.83. The van der Waals surface area contributed by atoms with Gasteiger partial charge < -0.3 is 19.1 Å². The van der Waals surface area contributed by atoms with Gasteiger partial charge in [0.15, 0.2) is 11.5 Å². The van der Waals surface area contributed by atoms with E-state index in [2.05, 4.69) is 10.1 Å². The Kier molecular flexibility index (Phi) is 5.79.